The van der Waals surface area contributed by atoms with Gasteiger partial charge in [0.1, 0.15) is 0 Å². The first kappa shape index (κ1) is 11.5. The maximum Gasteiger partial charge on any atom is 0.451 e. The van der Waals surface area contributed by atoms with E-state index in [1.165, 1.54) is 17.4 Å². The van der Waals surface area contributed by atoms with Gasteiger partial charge >= 0.3 is 6.18 Å². The zero-order valence-electron chi connectivity index (χ0n) is 7.62. The minimum atomic E-state index is -4.51. The summed E-state index contributed by atoms with van der Waals surface area (Å²) < 4.78 is 37.9. The van der Waals surface area contributed by atoms with Crippen LogP contribution in [0.2, 0.25) is 0 Å². The predicted octanol–water partition coefficient (Wildman–Crippen LogP) is 3.99. The number of alkyl halides is 3. The van der Waals surface area contributed by atoms with Crippen molar-refractivity contribution in [3.63, 3.8) is 0 Å². The van der Waals surface area contributed by atoms with Gasteiger partial charge < -0.3 is 0 Å². The fourth-order valence-corrected chi connectivity index (χ4v) is 2.64. The van der Waals surface area contributed by atoms with E-state index in [4.69, 9.17) is 0 Å². The predicted molar refractivity (Wildman–Crippen MR) is 58.0 cm³/mol. The van der Waals surface area contributed by atoms with Gasteiger partial charge in [-0.2, -0.15) is 13.2 Å². The molecule has 2 heterocycles. The van der Waals surface area contributed by atoms with Crippen LogP contribution in [-0.2, 0) is 6.18 Å². The van der Waals surface area contributed by atoms with Crippen molar-refractivity contribution < 1.29 is 13.2 Å². The summed E-state index contributed by atoms with van der Waals surface area (Å²) in [4.78, 5) is 7.36. The van der Waals surface area contributed by atoms with Crippen LogP contribution in [0.25, 0.3) is 10.6 Å². The fraction of sp³-hybridized carbons (Fsp3) is 0.111. The van der Waals surface area contributed by atoms with E-state index in [0.29, 0.717) is 4.88 Å². The monoisotopic (exact) mass is 308 g/mol. The third-order valence-electron chi connectivity index (χ3n) is 1.76. The number of thiophene rings is 1. The first-order chi connectivity index (χ1) is 7.48. The maximum absolute atomic E-state index is 12.4. The van der Waals surface area contributed by atoms with Crippen molar-refractivity contribution in [2.75, 3.05) is 0 Å². The molecular weight excluding hydrogens is 305 g/mol. The fourth-order valence-electron chi connectivity index (χ4n) is 1.10. The van der Waals surface area contributed by atoms with Crippen LogP contribution in [0.5, 0.6) is 0 Å². The lowest BCUT2D eigenvalue weighted by molar-refractivity contribution is -0.144. The van der Waals surface area contributed by atoms with Crippen LogP contribution >= 0.6 is 27.3 Å². The van der Waals surface area contributed by atoms with Crippen molar-refractivity contribution in [2.45, 2.75) is 6.18 Å². The van der Waals surface area contributed by atoms with Crippen molar-refractivity contribution in [2.24, 2.45) is 0 Å². The molecule has 2 aromatic heterocycles. The first-order valence-corrected chi connectivity index (χ1v) is 5.79. The Labute approximate surface area is 101 Å². The zero-order chi connectivity index (χ0) is 11.8. The second-order valence-corrected chi connectivity index (χ2v) is 4.63. The molecule has 2 rings (SSSR count). The highest BCUT2D eigenvalue weighted by molar-refractivity contribution is 9.10. The molecule has 16 heavy (non-hydrogen) atoms. The molecule has 0 bridgehead atoms. The van der Waals surface area contributed by atoms with Gasteiger partial charge in [-0.05, 0) is 33.4 Å². The molecule has 0 fully saturated rings. The number of nitrogens with zero attached hydrogens (tertiary/aromatic N) is 2. The minimum absolute atomic E-state index is 0.268. The van der Waals surface area contributed by atoms with Gasteiger partial charge in [0.25, 0.3) is 0 Å². The van der Waals surface area contributed by atoms with E-state index in [1.807, 2.05) is 0 Å². The normalized spacial score (nSPS) is 11.8. The van der Waals surface area contributed by atoms with Gasteiger partial charge in [-0.25, -0.2) is 9.97 Å². The number of halogens is 4. The van der Waals surface area contributed by atoms with Crippen LogP contribution in [0.1, 0.15) is 5.82 Å². The lowest BCUT2D eigenvalue weighted by atomic mass is 10.3. The molecule has 0 aliphatic heterocycles. The Morgan fingerprint density at radius 1 is 1.25 bits per heavy atom. The standard InChI is InChI=1S/C9H4BrF3N2S/c10-5-2-4-16-7(5)6-1-3-14-8(15-6)9(11,12)13/h1-4H. The number of rotatable bonds is 1. The van der Waals surface area contributed by atoms with Gasteiger partial charge in [0.2, 0.25) is 5.82 Å². The van der Waals surface area contributed by atoms with Gasteiger partial charge in [0.05, 0.1) is 10.6 Å². The molecule has 0 aliphatic rings. The van der Waals surface area contributed by atoms with Crippen LogP contribution in [0.3, 0.4) is 0 Å². The van der Waals surface area contributed by atoms with E-state index in [2.05, 4.69) is 25.9 Å². The highest BCUT2D eigenvalue weighted by Gasteiger charge is 2.34. The van der Waals surface area contributed by atoms with E-state index in [-0.39, 0.29) is 5.69 Å². The third kappa shape index (κ3) is 2.25. The number of aromatic nitrogens is 2. The van der Waals surface area contributed by atoms with Crippen LogP contribution in [0.4, 0.5) is 13.2 Å². The molecule has 0 unspecified atom stereocenters. The molecule has 7 heteroatoms. The summed E-state index contributed by atoms with van der Waals surface area (Å²) in [6, 6.07) is 3.21. The molecule has 2 aromatic rings. The van der Waals surface area contributed by atoms with Crippen LogP contribution in [0, 0.1) is 0 Å². The molecule has 0 aromatic carbocycles. The maximum atomic E-state index is 12.4. The van der Waals surface area contributed by atoms with Crippen LogP contribution in [0.15, 0.2) is 28.2 Å². The number of hydrogen-bond donors (Lipinski definition) is 0. The summed E-state index contributed by atoms with van der Waals surface area (Å²) in [6.45, 7) is 0. The second-order valence-electron chi connectivity index (χ2n) is 2.86. The second kappa shape index (κ2) is 4.14. The van der Waals surface area contributed by atoms with Crippen molar-refractivity contribution in [1.82, 2.24) is 9.97 Å². The highest BCUT2D eigenvalue weighted by atomic mass is 79.9. The summed E-state index contributed by atoms with van der Waals surface area (Å²) in [7, 11) is 0. The summed E-state index contributed by atoms with van der Waals surface area (Å²) in [5.41, 5.74) is 0.268. The van der Waals surface area contributed by atoms with E-state index < -0.39 is 12.0 Å². The highest BCUT2D eigenvalue weighted by Crippen LogP contribution is 2.33. The molecule has 84 valence electrons. The minimum Gasteiger partial charge on any atom is -0.233 e. The Morgan fingerprint density at radius 3 is 2.56 bits per heavy atom. The lowest BCUT2D eigenvalue weighted by Crippen LogP contribution is -2.10. The molecule has 0 radical (unpaired) electrons. The van der Waals surface area contributed by atoms with E-state index in [9.17, 15) is 13.2 Å². The molecule has 0 amide bonds. The molecule has 0 N–H and O–H groups in total. The van der Waals surface area contributed by atoms with Gasteiger partial charge in [-0.1, -0.05) is 0 Å². The van der Waals surface area contributed by atoms with E-state index in [0.717, 1.165) is 10.7 Å². The molecule has 0 saturated carbocycles. The van der Waals surface area contributed by atoms with E-state index >= 15 is 0 Å². The largest absolute Gasteiger partial charge is 0.451 e. The quantitative estimate of drug-likeness (QED) is 0.796. The summed E-state index contributed by atoms with van der Waals surface area (Å²) >= 11 is 4.56. The molecule has 0 aliphatic carbocycles. The first-order valence-electron chi connectivity index (χ1n) is 4.12. The summed E-state index contributed by atoms with van der Waals surface area (Å²) in [5, 5.41) is 1.77. The van der Waals surface area contributed by atoms with Crippen molar-refractivity contribution in [3.05, 3.63) is 34.0 Å². The van der Waals surface area contributed by atoms with E-state index in [1.54, 1.807) is 11.4 Å². The number of hydrogen-bond acceptors (Lipinski definition) is 3. The molecule has 0 atom stereocenters. The molecule has 2 nitrogen and oxygen atoms in total. The van der Waals surface area contributed by atoms with Gasteiger partial charge in [-0.3, -0.25) is 0 Å². The van der Waals surface area contributed by atoms with Gasteiger partial charge in [0, 0.05) is 10.7 Å². The topological polar surface area (TPSA) is 25.8 Å². The van der Waals surface area contributed by atoms with Crippen LogP contribution in [-0.4, -0.2) is 9.97 Å². The van der Waals surface area contributed by atoms with Crippen molar-refractivity contribution in [3.8, 4) is 10.6 Å². The van der Waals surface area contributed by atoms with Gasteiger partial charge in [0.15, 0.2) is 0 Å². The summed E-state index contributed by atoms with van der Waals surface area (Å²) in [5.74, 6) is -1.12. The Bertz CT molecular complexity index is 509. The Morgan fingerprint density at radius 2 is 2.00 bits per heavy atom. The molecule has 0 spiro atoms. The van der Waals surface area contributed by atoms with Gasteiger partial charge in [-0.15, -0.1) is 11.3 Å². The van der Waals surface area contributed by atoms with Crippen LogP contribution < -0.4 is 0 Å². The van der Waals surface area contributed by atoms with Crippen molar-refractivity contribution in [1.29, 1.82) is 0 Å². The Balaban J connectivity index is 2.49. The smallest absolute Gasteiger partial charge is 0.233 e. The average Bonchev–Trinajstić information content (AvgIpc) is 2.63. The Hall–Kier alpha value is -0.950. The lowest BCUT2D eigenvalue weighted by Gasteiger charge is -2.05. The van der Waals surface area contributed by atoms with Crippen molar-refractivity contribution >= 4 is 27.3 Å². The molecular formula is C9H4BrF3N2S. The average molecular weight is 309 g/mol. The zero-order valence-corrected chi connectivity index (χ0v) is 10.0. The SMILES string of the molecule is FC(F)(F)c1nccc(-c2sccc2Br)n1. The molecule has 0 saturated heterocycles. The summed E-state index contributed by atoms with van der Waals surface area (Å²) in [6.07, 6.45) is -3.41. The third-order valence-corrected chi connectivity index (χ3v) is 3.62. The Kier molecular flexibility index (Phi) is 2.98.